The maximum absolute atomic E-state index is 7.01. The zero-order valence-corrected chi connectivity index (χ0v) is 4.94. The Kier molecular flexibility index (Phi) is 0.800. The van der Waals surface area contributed by atoms with Crippen LogP contribution in [0.4, 0.5) is 0 Å². The SMILES string of the molecule is [2H]c1cnc([2H])c(Br)n1. The summed E-state index contributed by atoms with van der Waals surface area (Å²) in [5.41, 5.74) is 0. The van der Waals surface area contributed by atoms with Crippen molar-refractivity contribution in [2.75, 3.05) is 0 Å². The molecule has 0 radical (unpaired) electrons. The Balaban J connectivity index is 3.17. The van der Waals surface area contributed by atoms with Gasteiger partial charge in [-0.1, -0.05) is 0 Å². The molecule has 36 valence electrons. The molecule has 0 fully saturated rings. The van der Waals surface area contributed by atoms with Crippen molar-refractivity contribution in [3.05, 3.63) is 23.1 Å². The molecule has 1 heterocycles. The Morgan fingerprint density at radius 1 is 1.86 bits per heavy atom. The first-order valence-corrected chi connectivity index (χ1v) is 2.45. The summed E-state index contributed by atoms with van der Waals surface area (Å²) < 4.78 is 14.3. The van der Waals surface area contributed by atoms with Crippen molar-refractivity contribution in [1.82, 2.24) is 9.97 Å². The summed E-state index contributed by atoms with van der Waals surface area (Å²) in [6, 6.07) is 0. The minimum absolute atomic E-state index is 0.0611. The van der Waals surface area contributed by atoms with Crippen LogP contribution < -0.4 is 0 Å². The largest absolute Gasteiger partial charge is 0.260 e. The summed E-state index contributed by atoms with van der Waals surface area (Å²) >= 11 is 2.96. The van der Waals surface area contributed by atoms with Gasteiger partial charge in [0.15, 0.2) is 0 Å². The van der Waals surface area contributed by atoms with E-state index in [2.05, 4.69) is 25.9 Å². The summed E-state index contributed by atoms with van der Waals surface area (Å²) in [7, 11) is 0. The van der Waals surface area contributed by atoms with Gasteiger partial charge in [-0.2, -0.15) is 0 Å². The fourth-order valence-electron chi connectivity index (χ4n) is 0.225. The highest BCUT2D eigenvalue weighted by atomic mass is 79.9. The van der Waals surface area contributed by atoms with Crippen LogP contribution in [0.3, 0.4) is 0 Å². The van der Waals surface area contributed by atoms with Crippen molar-refractivity contribution < 1.29 is 2.74 Å². The molecule has 1 rings (SSSR count). The van der Waals surface area contributed by atoms with E-state index in [-0.39, 0.29) is 12.3 Å². The molecule has 0 spiro atoms. The van der Waals surface area contributed by atoms with Crippen LogP contribution in [0.25, 0.3) is 0 Å². The molecule has 0 aliphatic heterocycles. The van der Waals surface area contributed by atoms with Gasteiger partial charge in [-0.15, -0.1) is 0 Å². The molecule has 3 heteroatoms. The molecule has 7 heavy (non-hydrogen) atoms. The van der Waals surface area contributed by atoms with Crippen molar-refractivity contribution in [2.45, 2.75) is 0 Å². The molecule has 1 aromatic rings. The fraction of sp³-hybridized carbons (Fsp3) is 0. The summed E-state index contributed by atoms with van der Waals surface area (Å²) in [5, 5.41) is 0. The minimum atomic E-state index is 0.0611. The topological polar surface area (TPSA) is 25.8 Å². The monoisotopic (exact) mass is 160 g/mol. The van der Waals surface area contributed by atoms with Crippen molar-refractivity contribution in [3.8, 4) is 0 Å². The van der Waals surface area contributed by atoms with Crippen LogP contribution in [0.5, 0.6) is 0 Å². The third-order valence-corrected chi connectivity index (χ3v) is 0.796. The maximum Gasteiger partial charge on any atom is 0.124 e. The van der Waals surface area contributed by atoms with Crippen LogP contribution in [-0.4, -0.2) is 9.97 Å². The molecule has 2 nitrogen and oxygen atoms in total. The highest BCUT2D eigenvalue weighted by Crippen LogP contribution is 1.97. The molecule has 0 N–H and O–H groups in total. The molecule has 0 aliphatic carbocycles. The Morgan fingerprint density at radius 2 is 2.71 bits per heavy atom. The van der Waals surface area contributed by atoms with Crippen molar-refractivity contribution in [3.63, 3.8) is 0 Å². The van der Waals surface area contributed by atoms with Gasteiger partial charge in [-0.05, 0) is 15.9 Å². The molecular weight excluding hydrogens is 156 g/mol. The van der Waals surface area contributed by atoms with Gasteiger partial charge in [0, 0.05) is 12.4 Å². The van der Waals surface area contributed by atoms with Gasteiger partial charge < -0.3 is 0 Å². The molecular formula is C4H3BrN2. The van der Waals surface area contributed by atoms with E-state index in [1.807, 2.05) is 0 Å². The summed E-state index contributed by atoms with van der Waals surface area (Å²) in [5.74, 6) is 0. The zero-order valence-electron chi connectivity index (χ0n) is 5.35. The molecule has 0 amide bonds. The van der Waals surface area contributed by atoms with E-state index in [1.165, 1.54) is 6.20 Å². The summed E-state index contributed by atoms with van der Waals surface area (Å²) in [6.07, 6.45) is 1.36. The number of halogens is 1. The van der Waals surface area contributed by atoms with Crippen molar-refractivity contribution in [2.24, 2.45) is 0 Å². The molecule has 0 unspecified atom stereocenters. The Bertz CT molecular complexity index is 228. The van der Waals surface area contributed by atoms with E-state index < -0.39 is 0 Å². The van der Waals surface area contributed by atoms with Crippen molar-refractivity contribution >= 4 is 15.9 Å². The van der Waals surface area contributed by atoms with Crippen LogP contribution in [-0.2, 0) is 0 Å². The normalized spacial score (nSPS) is 12.7. The average molecular weight is 161 g/mol. The van der Waals surface area contributed by atoms with Gasteiger partial charge in [-0.3, -0.25) is 4.98 Å². The standard InChI is InChI=1S/C4H3BrN2/c5-4-3-6-1-2-7-4/h1-3H/i2D,3D. The second kappa shape index (κ2) is 2.02. The van der Waals surface area contributed by atoms with Gasteiger partial charge in [0.2, 0.25) is 0 Å². The number of nitrogens with zero attached hydrogens (tertiary/aromatic N) is 2. The number of hydrogen-bond acceptors (Lipinski definition) is 2. The first-order valence-electron chi connectivity index (χ1n) is 2.66. The molecule has 0 aliphatic rings. The van der Waals surface area contributed by atoms with Crippen molar-refractivity contribution in [1.29, 1.82) is 0 Å². The molecule has 0 aromatic carbocycles. The zero-order chi connectivity index (χ0) is 6.85. The fourth-order valence-corrected chi connectivity index (χ4v) is 0.430. The lowest BCUT2D eigenvalue weighted by Gasteiger charge is -1.79. The van der Waals surface area contributed by atoms with Gasteiger partial charge >= 0.3 is 0 Å². The van der Waals surface area contributed by atoms with E-state index in [4.69, 9.17) is 2.74 Å². The summed E-state index contributed by atoms with van der Waals surface area (Å²) in [6.45, 7) is 0. The maximum atomic E-state index is 7.01. The van der Waals surface area contributed by atoms with Crippen LogP contribution in [0.1, 0.15) is 2.74 Å². The van der Waals surface area contributed by atoms with Gasteiger partial charge in [0.1, 0.15) is 4.60 Å². The lowest BCUT2D eigenvalue weighted by Crippen LogP contribution is -1.72. The van der Waals surface area contributed by atoms with E-state index >= 15 is 0 Å². The molecule has 0 atom stereocenters. The van der Waals surface area contributed by atoms with Gasteiger partial charge in [-0.25, -0.2) is 4.98 Å². The van der Waals surface area contributed by atoms with Crippen LogP contribution in [0.2, 0.25) is 0 Å². The number of aromatic nitrogens is 2. The highest BCUT2D eigenvalue weighted by Gasteiger charge is 1.77. The van der Waals surface area contributed by atoms with E-state index in [0.717, 1.165) is 0 Å². The van der Waals surface area contributed by atoms with E-state index in [0.29, 0.717) is 4.60 Å². The molecule has 0 saturated heterocycles. The highest BCUT2D eigenvalue weighted by molar-refractivity contribution is 9.10. The van der Waals surface area contributed by atoms with Crippen LogP contribution in [0, 0.1) is 0 Å². The Hall–Kier alpha value is -0.440. The Morgan fingerprint density at radius 3 is 3.29 bits per heavy atom. The molecule has 0 bridgehead atoms. The van der Waals surface area contributed by atoms with Gasteiger partial charge in [0.05, 0.1) is 8.91 Å². The summed E-state index contributed by atoms with van der Waals surface area (Å²) in [4.78, 5) is 7.15. The first kappa shape index (κ1) is 2.77. The lowest BCUT2D eigenvalue weighted by molar-refractivity contribution is 1.16. The van der Waals surface area contributed by atoms with E-state index in [1.54, 1.807) is 0 Å². The second-order valence-electron chi connectivity index (χ2n) is 0.902. The predicted molar refractivity (Wildman–Crippen MR) is 29.7 cm³/mol. The smallest absolute Gasteiger partial charge is 0.124 e. The van der Waals surface area contributed by atoms with Crippen LogP contribution >= 0.6 is 15.9 Å². The lowest BCUT2D eigenvalue weighted by atomic mass is 10.8. The molecule has 1 aromatic heterocycles. The average Bonchev–Trinajstić information content (AvgIpc) is 1.80. The third kappa shape index (κ3) is 1.23. The van der Waals surface area contributed by atoms with E-state index in [9.17, 15) is 0 Å². The predicted octanol–water partition coefficient (Wildman–Crippen LogP) is 1.24. The Labute approximate surface area is 52.5 Å². The molecule has 0 saturated carbocycles. The third-order valence-electron chi connectivity index (χ3n) is 0.442. The quantitative estimate of drug-likeness (QED) is 0.571. The van der Waals surface area contributed by atoms with Crippen LogP contribution in [0.15, 0.2) is 23.1 Å². The first-order chi connectivity index (χ1) is 4.20. The number of hydrogen-bond donors (Lipinski definition) is 0. The number of rotatable bonds is 0. The second-order valence-corrected chi connectivity index (χ2v) is 1.65. The minimum Gasteiger partial charge on any atom is -0.260 e. The van der Waals surface area contributed by atoms with Gasteiger partial charge in [0.25, 0.3) is 0 Å².